The summed E-state index contributed by atoms with van der Waals surface area (Å²) in [6.07, 6.45) is 2.44. The van der Waals surface area contributed by atoms with E-state index in [1.165, 1.54) is 25.9 Å². The van der Waals surface area contributed by atoms with Crippen LogP contribution in [0, 0.1) is 5.92 Å². The lowest BCUT2D eigenvalue weighted by Crippen LogP contribution is -2.61. The highest BCUT2D eigenvalue weighted by Gasteiger charge is 2.33. The van der Waals surface area contributed by atoms with E-state index in [1.54, 1.807) is 4.90 Å². The summed E-state index contributed by atoms with van der Waals surface area (Å²) < 4.78 is 5.35. The third kappa shape index (κ3) is 4.63. The first-order valence-corrected chi connectivity index (χ1v) is 7.73. The van der Waals surface area contributed by atoms with E-state index >= 15 is 0 Å². The van der Waals surface area contributed by atoms with Gasteiger partial charge >= 0.3 is 6.09 Å². The highest BCUT2D eigenvalue weighted by molar-refractivity contribution is 5.69. The van der Waals surface area contributed by atoms with Gasteiger partial charge in [0.25, 0.3) is 0 Å². The first kappa shape index (κ1) is 15.6. The summed E-state index contributed by atoms with van der Waals surface area (Å²) in [7, 11) is 2.19. The van der Waals surface area contributed by atoms with Crippen molar-refractivity contribution < 1.29 is 9.53 Å². The second-order valence-corrected chi connectivity index (χ2v) is 7.26. The maximum atomic E-state index is 11.8. The molecule has 2 saturated heterocycles. The number of hydrogen-bond acceptors (Lipinski definition) is 4. The molecular formula is C15H29N3O2. The van der Waals surface area contributed by atoms with Gasteiger partial charge in [-0.05, 0) is 59.7 Å². The van der Waals surface area contributed by atoms with Gasteiger partial charge in [0.05, 0.1) is 0 Å². The van der Waals surface area contributed by atoms with Crippen molar-refractivity contribution in [3.8, 4) is 0 Å². The molecule has 1 unspecified atom stereocenters. The number of ether oxygens (including phenoxy) is 1. The van der Waals surface area contributed by atoms with Crippen molar-refractivity contribution in [2.24, 2.45) is 5.92 Å². The third-order valence-electron chi connectivity index (χ3n) is 3.95. The number of carbonyl (C=O) groups excluding carboxylic acids is 1. The van der Waals surface area contributed by atoms with Crippen molar-refractivity contribution >= 4 is 6.09 Å². The van der Waals surface area contributed by atoms with E-state index in [0.29, 0.717) is 6.04 Å². The Balaban J connectivity index is 1.61. The van der Waals surface area contributed by atoms with Gasteiger partial charge in [0.15, 0.2) is 0 Å². The average Bonchev–Trinajstić information content (AvgIpc) is 2.24. The van der Waals surface area contributed by atoms with Gasteiger partial charge in [-0.1, -0.05) is 0 Å². The van der Waals surface area contributed by atoms with Crippen LogP contribution >= 0.6 is 0 Å². The van der Waals surface area contributed by atoms with E-state index in [-0.39, 0.29) is 6.09 Å². The molecule has 0 aromatic heterocycles. The molecule has 2 fully saturated rings. The first-order valence-electron chi connectivity index (χ1n) is 7.73. The van der Waals surface area contributed by atoms with Crippen LogP contribution in [0.5, 0.6) is 0 Å². The number of carbonyl (C=O) groups is 1. The Morgan fingerprint density at radius 1 is 1.30 bits per heavy atom. The molecule has 5 nitrogen and oxygen atoms in total. The predicted molar refractivity (Wildman–Crippen MR) is 79.8 cm³/mol. The summed E-state index contributed by atoms with van der Waals surface area (Å²) in [5, 5.41) is 3.58. The zero-order valence-corrected chi connectivity index (χ0v) is 13.3. The van der Waals surface area contributed by atoms with Crippen LogP contribution in [-0.4, -0.2) is 67.3 Å². The minimum atomic E-state index is -0.401. The van der Waals surface area contributed by atoms with Crippen molar-refractivity contribution in [1.29, 1.82) is 0 Å². The Morgan fingerprint density at radius 3 is 2.60 bits per heavy atom. The first-order chi connectivity index (χ1) is 9.33. The smallest absolute Gasteiger partial charge is 0.410 e. The van der Waals surface area contributed by atoms with Crippen molar-refractivity contribution in [3.05, 3.63) is 0 Å². The molecule has 0 aliphatic carbocycles. The average molecular weight is 283 g/mol. The zero-order chi connectivity index (χ0) is 14.8. The summed E-state index contributed by atoms with van der Waals surface area (Å²) in [6, 6.07) is 0.440. The van der Waals surface area contributed by atoms with Gasteiger partial charge in [0.2, 0.25) is 0 Å². The van der Waals surface area contributed by atoms with Crippen molar-refractivity contribution in [2.45, 2.75) is 45.3 Å². The number of likely N-dealkylation sites (tertiary alicyclic amines) is 2. The minimum Gasteiger partial charge on any atom is -0.444 e. The van der Waals surface area contributed by atoms with E-state index in [4.69, 9.17) is 4.74 Å². The molecule has 2 aliphatic rings. The Kier molecular flexibility index (Phi) is 4.91. The Morgan fingerprint density at radius 2 is 2.00 bits per heavy atom. The van der Waals surface area contributed by atoms with Gasteiger partial charge in [-0.2, -0.15) is 0 Å². The van der Waals surface area contributed by atoms with Gasteiger partial charge in [-0.25, -0.2) is 4.79 Å². The van der Waals surface area contributed by atoms with Gasteiger partial charge < -0.3 is 19.9 Å². The van der Waals surface area contributed by atoms with Crippen LogP contribution in [-0.2, 0) is 4.74 Å². The molecule has 116 valence electrons. The number of rotatable bonds is 3. The molecule has 5 heteroatoms. The fourth-order valence-corrected chi connectivity index (χ4v) is 2.86. The molecule has 1 atom stereocenters. The molecule has 2 rings (SSSR count). The quantitative estimate of drug-likeness (QED) is 0.853. The lowest BCUT2D eigenvalue weighted by atomic mass is 9.97. The molecule has 0 bridgehead atoms. The fraction of sp³-hybridized carbons (Fsp3) is 0.933. The van der Waals surface area contributed by atoms with Gasteiger partial charge in [-0.15, -0.1) is 0 Å². The van der Waals surface area contributed by atoms with E-state index in [1.807, 2.05) is 20.8 Å². The summed E-state index contributed by atoms with van der Waals surface area (Å²) in [4.78, 5) is 16.0. The van der Waals surface area contributed by atoms with Gasteiger partial charge in [0, 0.05) is 25.7 Å². The number of hydrogen-bond donors (Lipinski definition) is 1. The lowest BCUT2D eigenvalue weighted by molar-refractivity contribution is 0.00471. The molecular weight excluding hydrogens is 254 g/mol. The molecule has 2 heterocycles. The molecule has 1 N–H and O–H groups in total. The minimum absolute atomic E-state index is 0.187. The highest BCUT2D eigenvalue weighted by Crippen LogP contribution is 2.17. The molecule has 0 aromatic carbocycles. The molecule has 2 aliphatic heterocycles. The lowest BCUT2D eigenvalue weighted by Gasteiger charge is -2.41. The fourth-order valence-electron chi connectivity index (χ4n) is 2.86. The number of piperidine rings is 1. The van der Waals surface area contributed by atoms with E-state index < -0.39 is 5.60 Å². The Bertz CT molecular complexity index is 335. The van der Waals surface area contributed by atoms with Crippen LogP contribution in [0.25, 0.3) is 0 Å². The SMILES string of the molecule is CN1CCCC(CNC2CN(C(=O)OC(C)(C)C)C2)C1. The molecule has 1 amide bonds. The van der Waals surface area contributed by atoms with Crippen LogP contribution in [0.2, 0.25) is 0 Å². The van der Waals surface area contributed by atoms with Crippen LogP contribution < -0.4 is 5.32 Å². The zero-order valence-electron chi connectivity index (χ0n) is 13.3. The second-order valence-electron chi connectivity index (χ2n) is 7.26. The Hall–Kier alpha value is -0.810. The van der Waals surface area contributed by atoms with E-state index in [9.17, 15) is 4.79 Å². The molecule has 0 saturated carbocycles. The number of nitrogens with one attached hydrogen (secondary N) is 1. The van der Waals surface area contributed by atoms with Crippen LogP contribution in [0.4, 0.5) is 4.79 Å². The molecule has 0 radical (unpaired) electrons. The second kappa shape index (κ2) is 6.31. The largest absolute Gasteiger partial charge is 0.444 e. The Labute approximate surface area is 122 Å². The molecule has 20 heavy (non-hydrogen) atoms. The summed E-state index contributed by atoms with van der Waals surface area (Å²) in [6.45, 7) is 10.7. The topological polar surface area (TPSA) is 44.8 Å². The van der Waals surface area contributed by atoms with Crippen LogP contribution in [0.15, 0.2) is 0 Å². The number of nitrogens with zero attached hydrogens (tertiary/aromatic N) is 2. The van der Waals surface area contributed by atoms with E-state index in [0.717, 1.165) is 25.6 Å². The van der Waals surface area contributed by atoms with Crippen molar-refractivity contribution in [3.63, 3.8) is 0 Å². The van der Waals surface area contributed by atoms with E-state index in [2.05, 4.69) is 17.3 Å². The summed E-state index contributed by atoms with van der Waals surface area (Å²) >= 11 is 0. The monoisotopic (exact) mass is 283 g/mol. The third-order valence-corrected chi connectivity index (χ3v) is 3.95. The van der Waals surface area contributed by atoms with Crippen LogP contribution in [0.3, 0.4) is 0 Å². The van der Waals surface area contributed by atoms with Crippen molar-refractivity contribution in [1.82, 2.24) is 15.1 Å². The summed E-state index contributed by atoms with van der Waals surface area (Å²) in [5.74, 6) is 0.754. The predicted octanol–water partition coefficient (Wildman–Crippen LogP) is 1.54. The number of amides is 1. The van der Waals surface area contributed by atoms with Gasteiger partial charge in [-0.3, -0.25) is 0 Å². The van der Waals surface area contributed by atoms with Crippen LogP contribution in [0.1, 0.15) is 33.6 Å². The molecule has 0 spiro atoms. The molecule has 0 aromatic rings. The standard InChI is InChI=1S/C15H29N3O2/c1-15(2,3)20-14(19)18-10-13(11-18)16-8-12-6-5-7-17(4)9-12/h12-13,16H,5-11H2,1-4H3. The normalized spacial score (nSPS) is 25.4. The highest BCUT2D eigenvalue weighted by atomic mass is 16.6. The van der Waals surface area contributed by atoms with Crippen molar-refractivity contribution in [2.75, 3.05) is 39.8 Å². The van der Waals surface area contributed by atoms with Gasteiger partial charge in [0.1, 0.15) is 5.60 Å². The maximum Gasteiger partial charge on any atom is 0.410 e. The summed E-state index contributed by atoms with van der Waals surface area (Å²) in [5.41, 5.74) is -0.401. The maximum absolute atomic E-state index is 11.8.